The molecule has 0 amide bonds. The van der Waals surface area contributed by atoms with Gasteiger partial charge in [-0.1, -0.05) is 74.9 Å². The number of hydrogen-bond acceptors (Lipinski definition) is 1. The molecule has 0 aliphatic rings. The first-order valence-corrected chi connectivity index (χ1v) is 9.15. The summed E-state index contributed by atoms with van der Waals surface area (Å²) in [6.07, 6.45) is 3.28. The van der Waals surface area contributed by atoms with Gasteiger partial charge in [-0.15, -0.1) is 0 Å². The van der Waals surface area contributed by atoms with Crippen molar-refractivity contribution < 1.29 is 4.74 Å². The fourth-order valence-electron chi connectivity index (χ4n) is 3.14. The molecule has 25 heavy (non-hydrogen) atoms. The Kier molecular flexibility index (Phi) is 5.90. The highest BCUT2D eigenvalue weighted by atomic mass is 16.5. The van der Waals surface area contributed by atoms with Gasteiger partial charge in [-0.25, -0.2) is 0 Å². The van der Waals surface area contributed by atoms with Crippen molar-refractivity contribution in [3.8, 4) is 11.5 Å². The molecule has 1 heteroatoms. The third-order valence-electron chi connectivity index (χ3n) is 4.51. The fraction of sp³-hybridized carbons (Fsp3) is 0.250. The molecule has 1 unspecified atom stereocenters. The van der Waals surface area contributed by atoms with Gasteiger partial charge in [-0.3, -0.25) is 0 Å². The number of rotatable bonds is 7. The molecule has 0 saturated heterocycles. The average molecular weight is 330 g/mol. The van der Waals surface area contributed by atoms with Crippen molar-refractivity contribution in [1.82, 2.24) is 0 Å². The van der Waals surface area contributed by atoms with Crippen LogP contribution in [0.25, 0.3) is 0 Å². The van der Waals surface area contributed by atoms with Gasteiger partial charge >= 0.3 is 0 Å². The SMILES string of the molecule is CCCc1cccc(Oc2ccc(CC(C)c3ccccc3)cc2)c1. The van der Waals surface area contributed by atoms with E-state index in [-0.39, 0.29) is 0 Å². The Morgan fingerprint density at radius 3 is 2.24 bits per heavy atom. The maximum atomic E-state index is 6.01. The zero-order valence-electron chi connectivity index (χ0n) is 15.1. The normalized spacial score (nSPS) is 11.9. The van der Waals surface area contributed by atoms with Crippen LogP contribution in [0.2, 0.25) is 0 Å². The van der Waals surface area contributed by atoms with Gasteiger partial charge in [0.05, 0.1) is 0 Å². The van der Waals surface area contributed by atoms with Crippen LogP contribution in [0.4, 0.5) is 0 Å². The van der Waals surface area contributed by atoms with E-state index in [0.717, 1.165) is 30.8 Å². The Morgan fingerprint density at radius 2 is 1.52 bits per heavy atom. The highest BCUT2D eigenvalue weighted by Gasteiger charge is 2.06. The summed E-state index contributed by atoms with van der Waals surface area (Å²) in [6, 6.07) is 27.5. The van der Waals surface area contributed by atoms with Gasteiger partial charge in [0, 0.05) is 0 Å². The number of benzene rings is 3. The summed E-state index contributed by atoms with van der Waals surface area (Å²) < 4.78 is 6.01. The fourth-order valence-corrected chi connectivity index (χ4v) is 3.14. The summed E-state index contributed by atoms with van der Waals surface area (Å²) in [4.78, 5) is 0. The molecular formula is C24H26O. The summed E-state index contributed by atoms with van der Waals surface area (Å²) in [5, 5.41) is 0. The maximum absolute atomic E-state index is 6.01. The largest absolute Gasteiger partial charge is 0.457 e. The van der Waals surface area contributed by atoms with E-state index >= 15 is 0 Å². The molecule has 1 atom stereocenters. The van der Waals surface area contributed by atoms with Crippen molar-refractivity contribution in [2.45, 2.75) is 39.0 Å². The number of ether oxygens (including phenoxy) is 1. The van der Waals surface area contributed by atoms with Gasteiger partial charge in [0.15, 0.2) is 0 Å². The molecule has 3 aromatic rings. The molecule has 0 aliphatic carbocycles. The Morgan fingerprint density at radius 1 is 0.760 bits per heavy atom. The minimum Gasteiger partial charge on any atom is -0.457 e. The lowest BCUT2D eigenvalue weighted by atomic mass is 9.94. The highest BCUT2D eigenvalue weighted by Crippen LogP contribution is 2.25. The molecule has 128 valence electrons. The van der Waals surface area contributed by atoms with Crippen LogP contribution in [-0.2, 0) is 12.8 Å². The van der Waals surface area contributed by atoms with Crippen molar-refractivity contribution >= 4 is 0 Å². The zero-order valence-corrected chi connectivity index (χ0v) is 15.1. The van der Waals surface area contributed by atoms with Crippen LogP contribution >= 0.6 is 0 Å². The van der Waals surface area contributed by atoms with E-state index in [4.69, 9.17) is 4.74 Å². The molecule has 0 N–H and O–H groups in total. The molecule has 1 nitrogen and oxygen atoms in total. The lowest BCUT2D eigenvalue weighted by molar-refractivity contribution is 0.481. The third-order valence-corrected chi connectivity index (χ3v) is 4.51. The molecule has 3 aromatic carbocycles. The van der Waals surface area contributed by atoms with E-state index in [9.17, 15) is 0 Å². The summed E-state index contributed by atoms with van der Waals surface area (Å²) in [7, 11) is 0. The van der Waals surface area contributed by atoms with Crippen LogP contribution in [-0.4, -0.2) is 0 Å². The smallest absolute Gasteiger partial charge is 0.127 e. The molecule has 0 aliphatic heterocycles. The standard InChI is InChI=1S/C24H26O/c1-3-8-20-9-7-12-24(18-20)25-23-15-13-21(14-16-23)17-19(2)22-10-5-4-6-11-22/h4-7,9-16,18-19H,3,8,17H2,1-2H3. The monoisotopic (exact) mass is 330 g/mol. The minimum atomic E-state index is 0.513. The molecule has 0 saturated carbocycles. The van der Waals surface area contributed by atoms with E-state index in [2.05, 4.69) is 86.6 Å². The van der Waals surface area contributed by atoms with Gasteiger partial charge < -0.3 is 4.74 Å². The van der Waals surface area contributed by atoms with Gasteiger partial charge in [0.2, 0.25) is 0 Å². The molecule has 0 spiro atoms. The maximum Gasteiger partial charge on any atom is 0.127 e. The minimum absolute atomic E-state index is 0.513. The first-order valence-electron chi connectivity index (χ1n) is 9.15. The molecule has 0 bridgehead atoms. The van der Waals surface area contributed by atoms with E-state index < -0.39 is 0 Å². The second-order valence-corrected chi connectivity index (χ2v) is 6.66. The Labute approximate surface area is 151 Å². The van der Waals surface area contributed by atoms with Crippen molar-refractivity contribution in [2.24, 2.45) is 0 Å². The predicted octanol–water partition coefficient (Wildman–Crippen LogP) is 6.78. The van der Waals surface area contributed by atoms with Crippen molar-refractivity contribution in [2.75, 3.05) is 0 Å². The molecule has 0 aromatic heterocycles. The summed E-state index contributed by atoms with van der Waals surface area (Å²) in [5.74, 6) is 2.32. The Bertz CT molecular complexity index is 775. The van der Waals surface area contributed by atoms with E-state index in [1.54, 1.807) is 0 Å². The summed E-state index contributed by atoms with van der Waals surface area (Å²) in [5.41, 5.74) is 4.05. The molecule has 3 rings (SSSR count). The topological polar surface area (TPSA) is 9.23 Å². The van der Waals surface area contributed by atoms with Gasteiger partial charge in [0.1, 0.15) is 11.5 Å². The zero-order chi connectivity index (χ0) is 17.5. The van der Waals surface area contributed by atoms with E-state index in [1.165, 1.54) is 16.7 Å². The first kappa shape index (κ1) is 17.3. The average Bonchev–Trinajstić information content (AvgIpc) is 2.65. The van der Waals surface area contributed by atoms with Crippen LogP contribution in [0.15, 0.2) is 78.9 Å². The van der Waals surface area contributed by atoms with Gasteiger partial charge in [0.25, 0.3) is 0 Å². The van der Waals surface area contributed by atoms with Crippen LogP contribution in [0.3, 0.4) is 0 Å². The van der Waals surface area contributed by atoms with Crippen LogP contribution in [0.5, 0.6) is 11.5 Å². The predicted molar refractivity (Wildman–Crippen MR) is 106 cm³/mol. The van der Waals surface area contributed by atoms with Crippen molar-refractivity contribution in [3.63, 3.8) is 0 Å². The van der Waals surface area contributed by atoms with Gasteiger partial charge in [-0.05, 0) is 59.7 Å². The third kappa shape index (κ3) is 4.96. The highest BCUT2D eigenvalue weighted by molar-refractivity contribution is 5.36. The molecule has 0 fully saturated rings. The lowest BCUT2D eigenvalue weighted by Gasteiger charge is -2.13. The van der Waals surface area contributed by atoms with Crippen molar-refractivity contribution in [1.29, 1.82) is 0 Å². The summed E-state index contributed by atoms with van der Waals surface area (Å²) >= 11 is 0. The summed E-state index contributed by atoms with van der Waals surface area (Å²) in [6.45, 7) is 4.47. The van der Waals surface area contributed by atoms with E-state index in [1.807, 2.05) is 6.07 Å². The van der Waals surface area contributed by atoms with Gasteiger partial charge in [-0.2, -0.15) is 0 Å². The Hall–Kier alpha value is -2.54. The molecule has 0 heterocycles. The Balaban J connectivity index is 1.63. The van der Waals surface area contributed by atoms with Crippen LogP contribution in [0, 0.1) is 0 Å². The molecule has 0 radical (unpaired) electrons. The number of hydrogen-bond donors (Lipinski definition) is 0. The first-order chi connectivity index (χ1) is 12.2. The lowest BCUT2D eigenvalue weighted by Crippen LogP contribution is -1.98. The quantitative estimate of drug-likeness (QED) is 0.464. The molecular weight excluding hydrogens is 304 g/mol. The van der Waals surface area contributed by atoms with Crippen LogP contribution < -0.4 is 4.74 Å². The van der Waals surface area contributed by atoms with Crippen molar-refractivity contribution in [3.05, 3.63) is 95.6 Å². The number of aryl methyl sites for hydroxylation is 1. The second kappa shape index (κ2) is 8.53. The van der Waals surface area contributed by atoms with Crippen LogP contribution in [0.1, 0.15) is 42.9 Å². The second-order valence-electron chi connectivity index (χ2n) is 6.66. The van der Waals surface area contributed by atoms with E-state index in [0.29, 0.717) is 5.92 Å².